The van der Waals surface area contributed by atoms with E-state index in [4.69, 9.17) is 23.2 Å². The van der Waals surface area contributed by atoms with E-state index < -0.39 is 5.60 Å². The molecule has 2 atom stereocenters. The molecule has 0 spiro atoms. The van der Waals surface area contributed by atoms with Gasteiger partial charge in [0.15, 0.2) is 0 Å². The molecule has 3 heteroatoms. The lowest BCUT2D eigenvalue weighted by molar-refractivity contribution is 0.00518. The van der Waals surface area contributed by atoms with Gasteiger partial charge in [0.1, 0.15) is 0 Å². The Hall–Kier alpha value is -0.240. The van der Waals surface area contributed by atoms with Crippen molar-refractivity contribution in [1.82, 2.24) is 0 Å². The van der Waals surface area contributed by atoms with Gasteiger partial charge in [0.05, 0.1) is 5.60 Å². The first-order valence-corrected chi connectivity index (χ1v) is 6.28. The Balaban J connectivity index is 2.87. The Morgan fingerprint density at radius 1 is 1.38 bits per heavy atom. The van der Waals surface area contributed by atoms with Crippen molar-refractivity contribution in [2.75, 3.05) is 0 Å². The van der Waals surface area contributed by atoms with Gasteiger partial charge < -0.3 is 5.11 Å². The van der Waals surface area contributed by atoms with Gasteiger partial charge in [0.25, 0.3) is 0 Å². The van der Waals surface area contributed by atoms with Crippen LogP contribution in [0, 0.1) is 5.92 Å². The smallest absolute Gasteiger partial charge is 0.0685 e. The molecule has 0 aliphatic rings. The summed E-state index contributed by atoms with van der Waals surface area (Å²) in [6.07, 6.45) is 1.50. The van der Waals surface area contributed by atoms with E-state index in [1.165, 1.54) is 0 Å². The zero-order valence-corrected chi connectivity index (χ0v) is 11.4. The van der Waals surface area contributed by atoms with Gasteiger partial charge in [-0.1, -0.05) is 49.5 Å². The van der Waals surface area contributed by atoms with Gasteiger partial charge in [0.2, 0.25) is 0 Å². The van der Waals surface area contributed by atoms with Crippen LogP contribution in [0.4, 0.5) is 0 Å². The van der Waals surface area contributed by atoms with Crippen molar-refractivity contribution in [2.45, 2.75) is 39.2 Å². The molecule has 1 nitrogen and oxygen atoms in total. The number of hydrogen-bond acceptors (Lipinski definition) is 1. The highest BCUT2D eigenvalue weighted by Gasteiger charge is 2.27. The number of rotatable bonds is 4. The molecule has 2 unspecified atom stereocenters. The maximum Gasteiger partial charge on any atom is 0.0685 e. The van der Waals surface area contributed by atoms with E-state index in [2.05, 4.69) is 6.92 Å². The second-order valence-corrected chi connectivity index (χ2v) is 5.42. The van der Waals surface area contributed by atoms with E-state index in [0.717, 1.165) is 12.0 Å². The van der Waals surface area contributed by atoms with Crippen LogP contribution in [0.2, 0.25) is 10.0 Å². The van der Waals surface area contributed by atoms with E-state index in [9.17, 15) is 5.11 Å². The van der Waals surface area contributed by atoms with Crippen LogP contribution in [0.15, 0.2) is 18.2 Å². The number of halogens is 2. The lowest BCUT2D eigenvalue weighted by Crippen LogP contribution is -2.35. The van der Waals surface area contributed by atoms with Gasteiger partial charge in [-0.3, -0.25) is 0 Å². The fourth-order valence-electron chi connectivity index (χ4n) is 1.66. The van der Waals surface area contributed by atoms with Gasteiger partial charge in [-0.2, -0.15) is 0 Å². The molecule has 0 fully saturated rings. The SMILES string of the molecule is CCC(C)C(C)(O)Cc1ccc(Cl)cc1Cl. The van der Waals surface area contributed by atoms with Crippen molar-refractivity contribution in [3.63, 3.8) is 0 Å². The topological polar surface area (TPSA) is 20.2 Å². The summed E-state index contributed by atoms with van der Waals surface area (Å²) >= 11 is 11.9. The van der Waals surface area contributed by atoms with Crippen LogP contribution < -0.4 is 0 Å². The highest BCUT2D eigenvalue weighted by Crippen LogP contribution is 2.29. The molecule has 1 aromatic rings. The fraction of sp³-hybridized carbons (Fsp3) is 0.538. The predicted octanol–water partition coefficient (Wildman–Crippen LogP) is 4.33. The Morgan fingerprint density at radius 3 is 2.50 bits per heavy atom. The molecule has 0 saturated heterocycles. The van der Waals surface area contributed by atoms with Crippen molar-refractivity contribution in [2.24, 2.45) is 5.92 Å². The molecule has 1 aromatic carbocycles. The van der Waals surface area contributed by atoms with Gasteiger partial charge in [0, 0.05) is 16.5 Å². The van der Waals surface area contributed by atoms with E-state index in [1.54, 1.807) is 12.1 Å². The highest BCUT2D eigenvalue weighted by molar-refractivity contribution is 6.35. The van der Waals surface area contributed by atoms with Crippen LogP contribution in [-0.2, 0) is 6.42 Å². The van der Waals surface area contributed by atoms with E-state index in [1.807, 2.05) is 19.9 Å². The number of aliphatic hydroxyl groups is 1. The molecule has 0 saturated carbocycles. The minimum absolute atomic E-state index is 0.235. The summed E-state index contributed by atoms with van der Waals surface area (Å²) in [6.45, 7) is 5.97. The monoisotopic (exact) mass is 260 g/mol. The van der Waals surface area contributed by atoms with E-state index in [0.29, 0.717) is 16.5 Å². The highest BCUT2D eigenvalue weighted by atomic mass is 35.5. The lowest BCUT2D eigenvalue weighted by atomic mass is 9.83. The van der Waals surface area contributed by atoms with Crippen molar-refractivity contribution in [3.8, 4) is 0 Å². The zero-order chi connectivity index (χ0) is 12.3. The van der Waals surface area contributed by atoms with Crippen molar-refractivity contribution in [3.05, 3.63) is 33.8 Å². The first-order valence-electron chi connectivity index (χ1n) is 5.53. The molecular weight excluding hydrogens is 243 g/mol. The van der Waals surface area contributed by atoms with Gasteiger partial charge in [-0.05, 0) is 30.5 Å². The largest absolute Gasteiger partial charge is 0.390 e. The van der Waals surface area contributed by atoms with E-state index >= 15 is 0 Å². The molecule has 16 heavy (non-hydrogen) atoms. The van der Waals surface area contributed by atoms with Gasteiger partial charge in [-0.15, -0.1) is 0 Å². The van der Waals surface area contributed by atoms with Crippen LogP contribution >= 0.6 is 23.2 Å². The average molecular weight is 261 g/mol. The molecule has 0 aromatic heterocycles. The third-order valence-corrected chi connectivity index (χ3v) is 3.82. The summed E-state index contributed by atoms with van der Waals surface area (Å²) in [7, 11) is 0. The quantitative estimate of drug-likeness (QED) is 0.855. The number of benzene rings is 1. The molecule has 0 amide bonds. The molecule has 1 N–H and O–H groups in total. The standard InChI is InChI=1S/C13H18Cl2O/c1-4-9(2)13(3,16)8-10-5-6-11(14)7-12(10)15/h5-7,9,16H,4,8H2,1-3H3. The van der Waals surface area contributed by atoms with Crippen LogP contribution in [0.25, 0.3) is 0 Å². The van der Waals surface area contributed by atoms with Crippen LogP contribution in [0.3, 0.4) is 0 Å². The number of hydrogen-bond donors (Lipinski definition) is 1. The van der Waals surface area contributed by atoms with E-state index in [-0.39, 0.29) is 5.92 Å². The third-order valence-electron chi connectivity index (χ3n) is 3.24. The maximum absolute atomic E-state index is 10.3. The molecule has 0 radical (unpaired) electrons. The minimum atomic E-state index is -0.730. The molecule has 0 heterocycles. The minimum Gasteiger partial charge on any atom is -0.390 e. The molecule has 0 aliphatic heterocycles. The fourth-order valence-corrected chi connectivity index (χ4v) is 2.14. The van der Waals surface area contributed by atoms with Gasteiger partial charge >= 0.3 is 0 Å². The van der Waals surface area contributed by atoms with Gasteiger partial charge in [-0.25, -0.2) is 0 Å². The molecule has 0 bridgehead atoms. The maximum atomic E-state index is 10.3. The second-order valence-electron chi connectivity index (χ2n) is 4.58. The summed E-state index contributed by atoms with van der Waals surface area (Å²) in [6, 6.07) is 5.39. The Morgan fingerprint density at radius 2 is 2.00 bits per heavy atom. The van der Waals surface area contributed by atoms with Crippen LogP contribution in [0.5, 0.6) is 0 Å². The lowest BCUT2D eigenvalue weighted by Gasteiger charge is -2.30. The molecule has 0 aliphatic carbocycles. The first-order chi connectivity index (χ1) is 7.36. The third kappa shape index (κ3) is 3.38. The Kier molecular flexibility index (Phi) is 4.66. The molecular formula is C13H18Cl2O. The molecule has 90 valence electrons. The summed E-state index contributed by atoms with van der Waals surface area (Å²) in [5, 5.41) is 11.6. The molecule has 1 rings (SSSR count). The normalized spacial score (nSPS) is 16.9. The van der Waals surface area contributed by atoms with Crippen molar-refractivity contribution in [1.29, 1.82) is 0 Å². The average Bonchev–Trinajstić information content (AvgIpc) is 2.21. The summed E-state index contributed by atoms with van der Waals surface area (Å²) in [5.74, 6) is 0.235. The van der Waals surface area contributed by atoms with Crippen molar-refractivity contribution >= 4 is 23.2 Å². The predicted molar refractivity (Wildman–Crippen MR) is 70.2 cm³/mol. The van der Waals surface area contributed by atoms with Crippen LogP contribution in [-0.4, -0.2) is 10.7 Å². The zero-order valence-electron chi connectivity index (χ0n) is 9.93. The summed E-state index contributed by atoms with van der Waals surface area (Å²) in [5.41, 5.74) is 0.211. The Labute approximate surface area is 107 Å². The summed E-state index contributed by atoms with van der Waals surface area (Å²) in [4.78, 5) is 0. The van der Waals surface area contributed by atoms with Crippen LogP contribution in [0.1, 0.15) is 32.8 Å². The summed E-state index contributed by atoms with van der Waals surface area (Å²) < 4.78 is 0. The Bertz CT molecular complexity index is 361. The first kappa shape index (κ1) is 13.8. The van der Waals surface area contributed by atoms with Crippen molar-refractivity contribution < 1.29 is 5.11 Å². The second kappa shape index (κ2) is 5.39.